The number of nitriles is 2. The fraction of sp³-hybridized carbons (Fsp3) is 0. The number of rotatable bonds is 3. The van der Waals surface area contributed by atoms with Gasteiger partial charge in [-0.1, -0.05) is 133 Å². The second-order valence-electron chi connectivity index (χ2n) is 14.9. The molecule has 0 saturated heterocycles. The van der Waals surface area contributed by atoms with Crippen LogP contribution in [0.2, 0.25) is 0 Å². The van der Waals surface area contributed by atoms with E-state index in [0.29, 0.717) is 11.1 Å². The summed E-state index contributed by atoms with van der Waals surface area (Å²) in [6.45, 7) is 0. The van der Waals surface area contributed by atoms with Crippen LogP contribution in [0.4, 0.5) is 0 Å². The second kappa shape index (κ2) is 11.4. The lowest BCUT2D eigenvalue weighted by Crippen LogP contribution is -1.91. The summed E-state index contributed by atoms with van der Waals surface area (Å²) in [7, 11) is 0. The zero-order valence-corrected chi connectivity index (χ0v) is 30.1. The minimum absolute atomic E-state index is 0.636. The Bertz CT molecular complexity index is 3690. The number of hydrogen-bond donors (Lipinski definition) is 0. The average Bonchev–Trinajstić information content (AvgIpc) is 3.77. The fourth-order valence-electron chi connectivity index (χ4n) is 9.83. The predicted molar refractivity (Wildman–Crippen MR) is 235 cm³/mol. The van der Waals surface area contributed by atoms with Crippen molar-refractivity contribution < 1.29 is 0 Å². The molecule has 254 valence electrons. The second-order valence-corrected chi connectivity index (χ2v) is 14.9. The van der Waals surface area contributed by atoms with E-state index in [1.165, 1.54) is 108 Å². The quantitative estimate of drug-likeness (QED) is 0.172. The number of hydrogen-bond acceptors (Lipinski definition) is 2. The number of benzene rings is 10. The highest BCUT2D eigenvalue weighted by Crippen LogP contribution is 2.55. The van der Waals surface area contributed by atoms with Crippen LogP contribution in [0.25, 0.3) is 120 Å². The van der Waals surface area contributed by atoms with Gasteiger partial charge in [0.1, 0.15) is 0 Å². The Kier molecular flexibility index (Phi) is 6.22. The maximum atomic E-state index is 9.85. The molecule has 0 unspecified atom stereocenters. The van der Waals surface area contributed by atoms with Crippen LogP contribution in [-0.2, 0) is 0 Å². The normalized spacial score (nSPS) is 11.9. The average molecular weight is 705 g/mol. The molecule has 12 rings (SSSR count). The SMILES string of the molecule is N#Cc1ccc(-c2c3cc4c5ccccc5c5cccc(c3c(-c3ccc(C#N)cc3)c3c6ccc(-c7ccc8ccccc8c7)c7cccc(c23)c76)c54)cc1. The zero-order chi connectivity index (χ0) is 37.1. The van der Waals surface area contributed by atoms with Crippen molar-refractivity contribution in [3.63, 3.8) is 0 Å². The molecule has 0 radical (unpaired) electrons. The van der Waals surface area contributed by atoms with Gasteiger partial charge < -0.3 is 0 Å². The van der Waals surface area contributed by atoms with Gasteiger partial charge in [0.05, 0.1) is 23.3 Å². The van der Waals surface area contributed by atoms with Crippen molar-refractivity contribution in [1.29, 1.82) is 10.5 Å². The molecule has 2 nitrogen and oxygen atoms in total. The Balaban J connectivity index is 1.34. The standard InChI is InChI=1S/C54H28N2/c55-29-31-15-19-34(20-16-31)48-47-28-46-40-10-4-3-9-39(40)42-12-6-13-43(51(42)46)52(47)49(35-21-17-32(30-56)18-22-35)54-45-26-25-38(41-11-5-14-44(50(41)45)53(48)54)37-24-23-33-7-1-2-8-36(33)27-37/h1-28H. The van der Waals surface area contributed by atoms with E-state index in [1.54, 1.807) is 0 Å². The highest BCUT2D eigenvalue weighted by atomic mass is 14.3. The molecule has 0 aliphatic heterocycles. The van der Waals surface area contributed by atoms with Gasteiger partial charge in [0.2, 0.25) is 0 Å². The lowest BCUT2D eigenvalue weighted by atomic mass is 9.83. The van der Waals surface area contributed by atoms with Crippen molar-refractivity contribution in [2.75, 3.05) is 0 Å². The van der Waals surface area contributed by atoms with E-state index in [4.69, 9.17) is 0 Å². The van der Waals surface area contributed by atoms with Crippen LogP contribution in [0.1, 0.15) is 11.1 Å². The summed E-state index contributed by atoms with van der Waals surface area (Å²) in [6, 6.07) is 65.6. The van der Waals surface area contributed by atoms with Gasteiger partial charge in [0.15, 0.2) is 0 Å². The molecule has 0 heterocycles. The largest absolute Gasteiger partial charge is 0.192 e. The van der Waals surface area contributed by atoms with E-state index in [9.17, 15) is 10.5 Å². The summed E-state index contributed by atoms with van der Waals surface area (Å²) in [5.74, 6) is 0. The van der Waals surface area contributed by atoms with Crippen LogP contribution < -0.4 is 0 Å². The third-order valence-corrected chi connectivity index (χ3v) is 12.2. The van der Waals surface area contributed by atoms with Gasteiger partial charge in [-0.3, -0.25) is 0 Å². The van der Waals surface area contributed by atoms with Crippen molar-refractivity contribution in [1.82, 2.24) is 0 Å². The molecule has 56 heavy (non-hydrogen) atoms. The molecule has 0 saturated carbocycles. The molecule has 0 fully saturated rings. The van der Waals surface area contributed by atoms with Crippen LogP contribution in [0.5, 0.6) is 0 Å². The first-order chi connectivity index (χ1) is 27.7. The van der Waals surface area contributed by atoms with E-state index in [2.05, 4.69) is 158 Å². The molecule has 0 atom stereocenters. The van der Waals surface area contributed by atoms with E-state index in [-0.39, 0.29) is 0 Å². The summed E-state index contributed by atoms with van der Waals surface area (Å²) in [5.41, 5.74) is 8.16. The third kappa shape index (κ3) is 4.08. The topological polar surface area (TPSA) is 47.6 Å². The summed E-state index contributed by atoms with van der Waals surface area (Å²) >= 11 is 0. The van der Waals surface area contributed by atoms with Crippen LogP contribution in [-0.4, -0.2) is 0 Å². The van der Waals surface area contributed by atoms with Gasteiger partial charge in [0, 0.05) is 0 Å². The van der Waals surface area contributed by atoms with Gasteiger partial charge in [-0.05, 0) is 156 Å². The maximum Gasteiger partial charge on any atom is 0.0991 e. The van der Waals surface area contributed by atoms with Gasteiger partial charge in [-0.15, -0.1) is 0 Å². The molecular weight excluding hydrogens is 677 g/mol. The van der Waals surface area contributed by atoms with Crippen LogP contribution in [0.15, 0.2) is 170 Å². The number of nitrogens with zero attached hydrogens (tertiary/aromatic N) is 2. The van der Waals surface area contributed by atoms with Crippen molar-refractivity contribution in [2.45, 2.75) is 0 Å². The molecule has 2 heteroatoms. The Labute approximate surface area is 322 Å². The zero-order valence-electron chi connectivity index (χ0n) is 30.1. The Hall–Kier alpha value is -7.78. The van der Waals surface area contributed by atoms with Gasteiger partial charge in [0.25, 0.3) is 0 Å². The molecule has 0 aliphatic rings. The first-order valence-electron chi connectivity index (χ1n) is 19.0. The van der Waals surface area contributed by atoms with Crippen LogP contribution in [0, 0.1) is 22.7 Å². The minimum Gasteiger partial charge on any atom is -0.192 e. The third-order valence-electron chi connectivity index (χ3n) is 12.2. The van der Waals surface area contributed by atoms with Crippen molar-refractivity contribution in [2.24, 2.45) is 0 Å². The highest BCUT2D eigenvalue weighted by molar-refractivity contribution is 6.45. The Morgan fingerprint density at radius 1 is 0.286 bits per heavy atom. The maximum absolute atomic E-state index is 9.85. The summed E-state index contributed by atoms with van der Waals surface area (Å²) in [4.78, 5) is 0. The highest BCUT2D eigenvalue weighted by Gasteiger charge is 2.27. The molecule has 0 N–H and O–H groups in total. The van der Waals surface area contributed by atoms with Gasteiger partial charge in [-0.25, -0.2) is 0 Å². The molecule has 12 aromatic rings. The summed E-state index contributed by atoms with van der Waals surface area (Å²) < 4.78 is 0. The van der Waals surface area contributed by atoms with Gasteiger partial charge >= 0.3 is 0 Å². The molecule has 0 aliphatic carbocycles. The molecule has 0 spiro atoms. The first-order valence-corrected chi connectivity index (χ1v) is 19.0. The van der Waals surface area contributed by atoms with E-state index < -0.39 is 0 Å². The Morgan fingerprint density at radius 2 is 0.804 bits per heavy atom. The fourth-order valence-corrected chi connectivity index (χ4v) is 9.83. The summed E-state index contributed by atoms with van der Waals surface area (Å²) in [6.07, 6.45) is 0. The first kappa shape index (κ1) is 30.7. The molecule has 0 bridgehead atoms. The Morgan fingerprint density at radius 3 is 1.52 bits per heavy atom. The molecule has 0 amide bonds. The van der Waals surface area contributed by atoms with Crippen molar-refractivity contribution >= 4 is 86.2 Å². The number of fused-ring (bicyclic) bond motifs is 9. The predicted octanol–water partition coefficient (Wildman–Crippen LogP) is 14.5. The lowest BCUT2D eigenvalue weighted by Gasteiger charge is -2.19. The van der Waals surface area contributed by atoms with E-state index in [1.807, 2.05) is 24.3 Å². The van der Waals surface area contributed by atoms with Gasteiger partial charge in [-0.2, -0.15) is 10.5 Å². The molecular formula is C54H28N2. The van der Waals surface area contributed by atoms with Crippen molar-refractivity contribution in [3.05, 3.63) is 181 Å². The smallest absolute Gasteiger partial charge is 0.0991 e. The van der Waals surface area contributed by atoms with Crippen molar-refractivity contribution in [3.8, 4) is 45.5 Å². The molecule has 0 aromatic heterocycles. The minimum atomic E-state index is 0.636. The monoisotopic (exact) mass is 704 g/mol. The lowest BCUT2D eigenvalue weighted by molar-refractivity contribution is 1.48. The molecule has 12 aromatic carbocycles. The van der Waals surface area contributed by atoms with E-state index >= 15 is 0 Å². The van der Waals surface area contributed by atoms with E-state index in [0.717, 1.165) is 11.1 Å². The van der Waals surface area contributed by atoms with Crippen LogP contribution >= 0.6 is 0 Å². The van der Waals surface area contributed by atoms with Crippen LogP contribution in [0.3, 0.4) is 0 Å². The summed E-state index contributed by atoms with van der Waals surface area (Å²) in [5, 5.41) is 39.3.